The molecule has 5 heteroatoms. The molecular weight excluding hydrogens is 231 g/mol. The molecule has 2 rings (SSSR count). The van der Waals surface area contributed by atoms with Crippen LogP contribution in [0.1, 0.15) is 0 Å². The molecule has 2 aromatic carbocycles. The molecule has 0 unspecified atom stereocenters. The van der Waals surface area contributed by atoms with Gasteiger partial charge in [-0.15, -0.1) is 0 Å². The minimum atomic E-state index is -1.34. The average molecular weight is 239 g/mol. The van der Waals surface area contributed by atoms with Gasteiger partial charge in [0.25, 0.3) is 0 Å². The number of nitrogens with two attached hydrogens (primary N) is 1. The third-order valence-corrected chi connectivity index (χ3v) is 2.34. The lowest BCUT2D eigenvalue weighted by Gasteiger charge is -2.08. The standard InChI is InChI=1S/C12H8F3NO/c13-8-5-9(16)11(14)12(15)10(8)6-1-3-7(17)4-2-6/h1-5,17H,16H2. The lowest BCUT2D eigenvalue weighted by Crippen LogP contribution is -2.00. The Morgan fingerprint density at radius 1 is 0.941 bits per heavy atom. The molecule has 0 aromatic heterocycles. The molecule has 0 spiro atoms. The van der Waals surface area contributed by atoms with Crippen LogP contribution in [0.2, 0.25) is 0 Å². The van der Waals surface area contributed by atoms with Crippen LogP contribution in [0.3, 0.4) is 0 Å². The molecule has 0 amide bonds. The maximum absolute atomic E-state index is 13.6. The highest BCUT2D eigenvalue weighted by Gasteiger charge is 2.18. The van der Waals surface area contributed by atoms with Crippen molar-refractivity contribution in [2.45, 2.75) is 0 Å². The second-order valence-corrected chi connectivity index (χ2v) is 3.50. The number of hydrogen-bond donors (Lipinski definition) is 2. The Kier molecular flexibility index (Phi) is 2.67. The number of hydrogen-bond acceptors (Lipinski definition) is 2. The summed E-state index contributed by atoms with van der Waals surface area (Å²) in [5.74, 6) is -3.62. The van der Waals surface area contributed by atoms with Crippen molar-refractivity contribution in [3.8, 4) is 16.9 Å². The highest BCUT2D eigenvalue weighted by molar-refractivity contribution is 5.68. The minimum Gasteiger partial charge on any atom is -0.508 e. The first-order valence-corrected chi connectivity index (χ1v) is 4.73. The van der Waals surface area contributed by atoms with Gasteiger partial charge < -0.3 is 10.8 Å². The second kappa shape index (κ2) is 4.01. The fourth-order valence-electron chi connectivity index (χ4n) is 1.51. The van der Waals surface area contributed by atoms with Crippen LogP contribution in [0.5, 0.6) is 5.75 Å². The van der Waals surface area contributed by atoms with E-state index in [1.165, 1.54) is 24.3 Å². The highest BCUT2D eigenvalue weighted by Crippen LogP contribution is 2.31. The summed E-state index contributed by atoms with van der Waals surface area (Å²) < 4.78 is 40.3. The first-order valence-electron chi connectivity index (χ1n) is 4.73. The summed E-state index contributed by atoms with van der Waals surface area (Å²) in [5, 5.41) is 9.06. The van der Waals surface area contributed by atoms with Crippen molar-refractivity contribution in [3.63, 3.8) is 0 Å². The van der Waals surface area contributed by atoms with Gasteiger partial charge >= 0.3 is 0 Å². The van der Waals surface area contributed by atoms with E-state index in [1.54, 1.807) is 0 Å². The summed E-state index contributed by atoms with van der Waals surface area (Å²) in [7, 11) is 0. The topological polar surface area (TPSA) is 46.2 Å². The zero-order valence-electron chi connectivity index (χ0n) is 8.55. The minimum absolute atomic E-state index is 0.0505. The van der Waals surface area contributed by atoms with E-state index >= 15 is 0 Å². The van der Waals surface area contributed by atoms with Gasteiger partial charge in [-0.25, -0.2) is 13.2 Å². The fourth-order valence-corrected chi connectivity index (χ4v) is 1.51. The van der Waals surface area contributed by atoms with Crippen LogP contribution in [0, 0.1) is 17.5 Å². The van der Waals surface area contributed by atoms with Gasteiger partial charge in [-0.05, 0) is 17.7 Å². The van der Waals surface area contributed by atoms with Gasteiger partial charge in [-0.1, -0.05) is 12.1 Å². The molecule has 88 valence electrons. The number of phenols is 1. The monoisotopic (exact) mass is 239 g/mol. The Hall–Kier alpha value is -2.17. The normalized spacial score (nSPS) is 10.5. The van der Waals surface area contributed by atoms with Gasteiger partial charge in [0, 0.05) is 6.07 Å². The summed E-state index contributed by atoms with van der Waals surface area (Å²) in [5.41, 5.74) is 4.14. The molecule has 17 heavy (non-hydrogen) atoms. The van der Waals surface area contributed by atoms with Gasteiger partial charge in [0.15, 0.2) is 11.6 Å². The Bertz CT molecular complexity index is 567. The van der Waals surface area contributed by atoms with Crippen LogP contribution in [0.4, 0.5) is 18.9 Å². The SMILES string of the molecule is Nc1cc(F)c(-c2ccc(O)cc2)c(F)c1F. The molecule has 0 radical (unpaired) electrons. The summed E-state index contributed by atoms with van der Waals surface area (Å²) in [6, 6.07) is 5.80. The molecule has 0 bridgehead atoms. The Balaban J connectivity index is 2.67. The number of anilines is 1. The summed E-state index contributed by atoms with van der Waals surface area (Å²) in [6.07, 6.45) is 0. The molecule has 0 aliphatic carbocycles. The number of phenolic OH excluding ortho intramolecular Hbond substituents is 1. The summed E-state index contributed by atoms with van der Waals surface area (Å²) in [4.78, 5) is 0. The zero-order chi connectivity index (χ0) is 12.6. The molecule has 0 saturated heterocycles. The maximum atomic E-state index is 13.6. The third-order valence-electron chi connectivity index (χ3n) is 2.34. The van der Waals surface area contributed by atoms with E-state index in [2.05, 4.69) is 0 Å². The first-order chi connectivity index (χ1) is 8.00. The molecule has 0 heterocycles. The molecule has 3 N–H and O–H groups in total. The molecule has 0 saturated carbocycles. The van der Waals surface area contributed by atoms with Gasteiger partial charge in [-0.3, -0.25) is 0 Å². The van der Waals surface area contributed by atoms with E-state index in [0.29, 0.717) is 0 Å². The highest BCUT2D eigenvalue weighted by atomic mass is 19.2. The summed E-state index contributed by atoms with van der Waals surface area (Å²) in [6.45, 7) is 0. The predicted octanol–water partition coefficient (Wildman–Crippen LogP) is 3.06. The van der Waals surface area contributed by atoms with Crippen molar-refractivity contribution < 1.29 is 18.3 Å². The Morgan fingerprint density at radius 2 is 1.53 bits per heavy atom. The molecule has 2 aromatic rings. The van der Waals surface area contributed by atoms with Crippen LogP contribution in [-0.2, 0) is 0 Å². The summed E-state index contributed by atoms with van der Waals surface area (Å²) >= 11 is 0. The van der Waals surface area contributed by atoms with Gasteiger partial charge in [0.2, 0.25) is 0 Å². The largest absolute Gasteiger partial charge is 0.508 e. The van der Waals surface area contributed by atoms with E-state index < -0.39 is 28.7 Å². The third kappa shape index (κ3) is 1.91. The molecule has 0 aliphatic rings. The Labute approximate surface area is 95.1 Å². The van der Waals surface area contributed by atoms with Gasteiger partial charge in [0.05, 0.1) is 11.3 Å². The quantitative estimate of drug-likeness (QED) is 0.593. The Morgan fingerprint density at radius 3 is 2.12 bits per heavy atom. The van der Waals surface area contributed by atoms with Gasteiger partial charge in [-0.2, -0.15) is 0 Å². The van der Waals surface area contributed by atoms with Crippen molar-refractivity contribution in [2.75, 3.05) is 5.73 Å². The number of aromatic hydroxyl groups is 1. The predicted molar refractivity (Wildman–Crippen MR) is 57.8 cm³/mol. The molecule has 0 atom stereocenters. The van der Waals surface area contributed by atoms with Crippen molar-refractivity contribution in [1.29, 1.82) is 0 Å². The zero-order valence-corrected chi connectivity index (χ0v) is 8.55. The van der Waals surface area contributed by atoms with Crippen LogP contribution in [0.25, 0.3) is 11.1 Å². The van der Waals surface area contributed by atoms with E-state index in [9.17, 15) is 13.2 Å². The van der Waals surface area contributed by atoms with Crippen LogP contribution in [0.15, 0.2) is 30.3 Å². The molecule has 0 aliphatic heterocycles. The van der Waals surface area contributed by atoms with Crippen molar-refractivity contribution in [3.05, 3.63) is 47.8 Å². The maximum Gasteiger partial charge on any atom is 0.182 e. The van der Waals surface area contributed by atoms with E-state index in [4.69, 9.17) is 10.8 Å². The second-order valence-electron chi connectivity index (χ2n) is 3.50. The average Bonchev–Trinajstić information content (AvgIpc) is 2.29. The molecule has 0 fully saturated rings. The lowest BCUT2D eigenvalue weighted by molar-refractivity contribution is 0.475. The van der Waals surface area contributed by atoms with E-state index in [0.717, 1.165) is 6.07 Å². The molecule has 2 nitrogen and oxygen atoms in total. The van der Waals surface area contributed by atoms with E-state index in [-0.39, 0.29) is 11.3 Å². The van der Waals surface area contributed by atoms with E-state index in [1.807, 2.05) is 0 Å². The van der Waals surface area contributed by atoms with Crippen molar-refractivity contribution in [1.82, 2.24) is 0 Å². The fraction of sp³-hybridized carbons (Fsp3) is 0. The van der Waals surface area contributed by atoms with Crippen molar-refractivity contribution in [2.24, 2.45) is 0 Å². The molecular formula is C12H8F3NO. The number of rotatable bonds is 1. The smallest absolute Gasteiger partial charge is 0.182 e. The number of nitrogen functional groups attached to an aromatic ring is 1. The number of benzene rings is 2. The number of halogens is 3. The lowest BCUT2D eigenvalue weighted by atomic mass is 10.0. The van der Waals surface area contributed by atoms with Crippen LogP contribution >= 0.6 is 0 Å². The van der Waals surface area contributed by atoms with Gasteiger partial charge in [0.1, 0.15) is 11.6 Å². The van der Waals surface area contributed by atoms with Crippen LogP contribution in [-0.4, -0.2) is 5.11 Å². The van der Waals surface area contributed by atoms with Crippen molar-refractivity contribution >= 4 is 5.69 Å². The van der Waals surface area contributed by atoms with Crippen LogP contribution < -0.4 is 5.73 Å². The first kappa shape index (κ1) is 11.3.